The Bertz CT molecular complexity index is 210. The molecular formula is C12H23F2N. The smallest absolute Gasteiger partial charge is 0.125 e. The Morgan fingerprint density at radius 2 is 2.07 bits per heavy atom. The van der Waals surface area contributed by atoms with Crippen LogP contribution in [0.5, 0.6) is 0 Å². The lowest BCUT2D eigenvalue weighted by molar-refractivity contribution is 0.350. The normalized spacial score (nSPS) is 19.9. The molecule has 0 saturated carbocycles. The molecule has 1 nitrogen and oxygen atoms in total. The van der Waals surface area contributed by atoms with Gasteiger partial charge in [-0.1, -0.05) is 27.4 Å². The van der Waals surface area contributed by atoms with Gasteiger partial charge in [0.05, 0.1) is 0 Å². The highest BCUT2D eigenvalue weighted by atomic mass is 19.1. The molecule has 1 aliphatic carbocycles. The van der Waals surface area contributed by atoms with Crippen molar-refractivity contribution in [3.8, 4) is 0 Å². The highest BCUT2D eigenvalue weighted by molar-refractivity contribution is 5.25. The van der Waals surface area contributed by atoms with Crippen molar-refractivity contribution in [3.63, 3.8) is 0 Å². The van der Waals surface area contributed by atoms with E-state index in [2.05, 4.69) is 0 Å². The number of allylic oxidation sites excluding steroid dienone is 3. The van der Waals surface area contributed by atoms with E-state index in [0.29, 0.717) is 25.8 Å². The van der Waals surface area contributed by atoms with E-state index in [-0.39, 0.29) is 13.0 Å². The zero-order chi connectivity index (χ0) is 11.0. The lowest BCUT2D eigenvalue weighted by Crippen LogP contribution is -2.10. The highest BCUT2D eigenvalue weighted by Gasteiger charge is 2.17. The van der Waals surface area contributed by atoms with E-state index in [0.717, 1.165) is 0 Å². The van der Waals surface area contributed by atoms with Crippen LogP contribution in [-0.4, -0.2) is 12.7 Å². The van der Waals surface area contributed by atoms with E-state index in [4.69, 9.17) is 5.73 Å². The van der Waals surface area contributed by atoms with Crippen LogP contribution in [-0.2, 0) is 0 Å². The van der Waals surface area contributed by atoms with E-state index in [1.807, 2.05) is 13.8 Å². The number of rotatable bonds is 2. The van der Waals surface area contributed by atoms with Gasteiger partial charge in [-0.3, -0.25) is 0 Å². The Hall–Kier alpha value is -0.700. The molecule has 0 aromatic carbocycles. The summed E-state index contributed by atoms with van der Waals surface area (Å²) in [6.07, 6.45) is 3.14. The second kappa shape index (κ2) is 9.84. The second-order valence-corrected chi connectivity index (χ2v) is 2.86. The van der Waals surface area contributed by atoms with Gasteiger partial charge in [0, 0.05) is 5.57 Å². The first-order chi connectivity index (χ1) is 6.75. The van der Waals surface area contributed by atoms with E-state index in [9.17, 15) is 8.78 Å². The fourth-order valence-electron chi connectivity index (χ4n) is 1.29. The third kappa shape index (κ3) is 5.67. The van der Waals surface area contributed by atoms with E-state index in [1.165, 1.54) is 6.08 Å². The van der Waals surface area contributed by atoms with E-state index >= 15 is 0 Å². The minimum absolute atomic E-state index is 0. The molecule has 0 amide bonds. The van der Waals surface area contributed by atoms with Crippen LogP contribution in [0, 0.1) is 0 Å². The largest absolute Gasteiger partial charge is 0.330 e. The summed E-state index contributed by atoms with van der Waals surface area (Å²) in [5.74, 6) is -0.439. The van der Waals surface area contributed by atoms with Gasteiger partial charge in [-0.25, -0.2) is 8.78 Å². The monoisotopic (exact) mass is 219 g/mol. The molecule has 90 valence electrons. The summed E-state index contributed by atoms with van der Waals surface area (Å²) in [6, 6.07) is 0. The van der Waals surface area contributed by atoms with Crippen LogP contribution >= 0.6 is 0 Å². The first kappa shape index (κ1) is 16.7. The molecule has 0 heterocycles. The topological polar surface area (TPSA) is 26.0 Å². The van der Waals surface area contributed by atoms with Gasteiger partial charge in [0.25, 0.3) is 0 Å². The fraction of sp³-hybridized carbons (Fsp3) is 0.667. The van der Waals surface area contributed by atoms with Gasteiger partial charge < -0.3 is 5.73 Å². The molecule has 0 aromatic rings. The molecule has 15 heavy (non-hydrogen) atoms. The number of hydrogen-bond acceptors (Lipinski definition) is 1. The first-order valence-electron chi connectivity index (χ1n) is 5.15. The molecule has 2 N–H and O–H groups in total. The molecule has 0 spiro atoms. The van der Waals surface area contributed by atoms with Crippen molar-refractivity contribution >= 4 is 0 Å². The summed E-state index contributed by atoms with van der Waals surface area (Å²) in [4.78, 5) is 0. The van der Waals surface area contributed by atoms with Crippen LogP contribution in [0.15, 0.2) is 23.6 Å². The third-order valence-electron chi connectivity index (χ3n) is 1.95. The minimum atomic E-state index is -1.15. The average molecular weight is 219 g/mol. The predicted octanol–water partition coefficient (Wildman–Crippen LogP) is 3.91. The van der Waals surface area contributed by atoms with Crippen molar-refractivity contribution in [2.24, 2.45) is 5.73 Å². The summed E-state index contributed by atoms with van der Waals surface area (Å²) in [7, 11) is 0. The number of nitrogens with two attached hydrogens (primary N) is 1. The molecule has 0 bridgehead atoms. The van der Waals surface area contributed by atoms with Gasteiger partial charge in [-0.05, 0) is 31.9 Å². The molecule has 1 atom stereocenters. The molecule has 0 aliphatic heterocycles. The Kier molecular flexibility index (Phi) is 11.0. The molecule has 1 aliphatic rings. The Morgan fingerprint density at radius 1 is 1.47 bits per heavy atom. The van der Waals surface area contributed by atoms with Crippen LogP contribution in [0.3, 0.4) is 0 Å². The van der Waals surface area contributed by atoms with E-state index < -0.39 is 12.0 Å². The summed E-state index contributed by atoms with van der Waals surface area (Å²) in [5.41, 5.74) is 5.47. The maximum absolute atomic E-state index is 13.2. The Balaban J connectivity index is 0. The predicted molar refractivity (Wildman–Crippen MR) is 63.2 cm³/mol. The molecule has 0 radical (unpaired) electrons. The van der Waals surface area contributed by atoms with Crippen LogP contribution in [0.25, 0.3) is 0 Å². The molecule has 1 unspecified atom stereocenters. The molecule has 0 aromatic heterocycles. The van der Waals surface area contributed by atoms with Gasteiger partial charge in [0.1, 0.15) is 12.0 Å². The molecule has 1 rings (SSSR count). The Labute approximate surface area is 92.1 Å². The van der Waals surface area contributed by atoms with Crippen molar-refractivity contribution in [1.82, 2.24) is 0 Å². The highest BCUT2D eigenvalue weighted by Crippen LogP contribution is 2.24. The second-order valence-electron chi connectivity index (χ2n) is 2.86. The van der Waals surface area contributed by atoms with Crippen LogP contribution in [0.2, 0.25) is 0 Å². The quantitative estimate of drug-likeness (QED) is 0.748. The van der Waals surface area contributed by atoms with Crippen LogP contribution in [0.1, 0.15) is 40.5 Å². The first-order valence-corrected chi connectivity index (χ1v) is 5.15. The van der Waals surface area contributed by atoms with Crippen LogP contribution in [0.4, 0.5) is 8.78 Å². The SMILES string of the molecule is C.CC.NCCC1=C(F)C=CCCC1F. The number of halogens is 2. The minimum Gasteiger partial charge on any atom is -0.330 e. The zero-order valence-corrected chi connectivity index (χ0v) is 8.89. The van der Waals surface area contributed by atoms with Crippen molar-refractivity contribution in [2.45, 2.75) is 46.7 Å². The van der Waals surface area contributed by atoms with Gasteiger partial charge in [0.15, 0.2) is 0 Å². The maximum Gasteiger partial charge on any atom is 0.125 e. The maximum atomic E-state index is 13.2. The summed E-state index contributed by atoms with van der Waals surface area (Å²) in [5, 5.41) is 0. The number of hydrogen-bond donors (Lipinski definition) is 1. The summed E-state index contributed by atoms with van der Waals surface area (Å²) in [6.45, 7) is 4.30. The van der Waals surface area contributed by atoms with Crippen LogP contribution < -0.4 is 5.73 Å². The lowest BCUT2D eigenvalue weighted by Gasteiger charge is -2.09. The van der Waals surface area contributed by atoms with E-state index in [1.54, 1.807) is 6.08 Å². The lowest BCUT2D eigenvalue weighted by atomic mass is 10.0. The Morgan fingerprint density at radius 3 is 2.60 bits per heavy atom. The molecule has 0 fully saturated rings. The van der Waals surface area contributed by atoms with Gasteiger partial charge in [-0.15, -0.1) is 0 Å². The molecule has 3 heteroatoms. The summed E-state index contributed by atoms with van der Waals surface area (Å²) < 4.78 is 26.2. The average Bonchev–Trinajstić information content (AvgIpc) is 2.36. The standard InChI is InChI=1S/C9H13F2N.C2H6.CH4/c10-8-3-1-2-4-9(11)7(8)5-6-12;1-2;/h1,3,9H,2,4-6,12H2;1-2H3;1H4. The molecular weight excluding hydrogens is 196 g/mol. The van der Waals surface area contributed by atoms with Crippen molar-refractivity contribution in [1.29, 1.82) is 0 Å². The zero-order valence-electron chi connectivity index (χ0n) is 8.89. The van der Waals surface area contributed by atoms with Gasteiger partial charge in [-0.2, -0.15) is 0 Å². The van der Waals surface area contributed by atoms with Crippen molar-refractivity contribution in [2.75, 3.05) is 6.54 Å². The van der Waals surface area contributed by atoms with Gasteiger partial charge >= 0.3 is 0 Å². The van der Waals surface area contributed by atoms with Crippen molar-refractivity contribution < 1.29 is 8.78 Å². The third-order valence-corrected chi connectivity index (χ3v) is 1.95. The number of alkyl halides is 1. The fourth-order valence-corrected chi connectivity index (χ4v) is 1.29. The molecule has 0 saturated heterocycles. The summed E-state index contributed by atoms with van der Waals surface area (Å²) >= 11 is 0. The van der Waals surface area contributed by atoms with Gasteiger partial charge in [0.2, 0.25) is 0 Å². The van der Waals surface area contributed by atoms with Crippen molar-refractivity contribution in [3.05, 3.63) is 23.6 Å².